The maximum Gasteiger partial charge on any atom is 0.407 e. The molecule has 0 bridgehead atoms. The van der Waals surface area contributed by atoms with Crippen LogP contribution in [-0.4, -0.2) is 17.6 Å². The van der Waals surface area contributed by atoms with Crippen molar-refractivity contribution in [2.75, 3.05) is 6.61 Å². The standard InChI is InChI=1S/C12H13FN2O4.ClH/c1-12(2)6-19-11(16)14-10(12)8-5-7(13)3-4-9(8)15(17)18;/h3-5,10H,6H2,1-2H3,(H,14,16);1H/t10-;/m0./s1. The lowest BCUT2D eigenvalue weighted by molar-refractivity contribution is -0.386. The number of halogens is 2. The molecule has 0 aromatic heterocycles. The Morgan fingerprint density at radius 1 is 1.50 bits per heavy atom. The first-order valence-electron chi connectivity index (χ1n) is 5.68. The molecule has 1 atom stereocenters. The van der Waals surface area contributed by atoms with E-state index in [1.165, 1.54) is 0 Å². The van der Waals surface area contributed by atoms with Crippen LogP contribution in [0.15, 0.2) is 18.2 Å². The predicted octanol–water partition coefficient (Wildman–Crippen LogP) is 2.96. The smallest absolute Gasteiger partial charge is 0.407 e. The topological polar surface area (TPSA) is 81.5 Å². The average Bonchev–Trinajstić information content (AvgIpc) is 2.32. The third-order valence-electron chi connectivity index (χ3n) is 3.12. The zero-order valence-electron chi connectivity index (χ0n) is 10.9. The molecule has 0 spiro atoms. The van der Waals surface area contributed by atoms with Crippen LogP contribution in [0.1, 0.15) is 25.5 Å². The minimum Gasteiger partial charge on any atom is -0.449 e. The van der Waals surface area contributed by atoms with Gasteiger partial charge in [-0.1, -0.05) is 13.8 Å². The number of amides is 1. The Morgan fingerprint density at radius 2 is 2.15 bits per heavy atom. The van der Waals surface area contributed by atoms with Crippen molar-refractivity contribution in [2.24, 2.45) is 5.41 Å². The summed E-state index contributed by atoms with van der Waals surface area (Å²) in [6, 6.07) is 2.53. The largest absolute Gasteiger partial charge is 0.449 e. The van der Waals surface area contributed by atoms with Gasteiger partial charge >= 0.3 is 6.09 Å². The molecule has 1 saturated heterocycles. The van der Waals surface area contributed by atoms with Crippen molar-refractivity contribution in [3.05, 3.63) is 39.7 Å². The van der Waals surface area contributed by atoms with E-state index < -0.39 is 28.3 Å². The molecule has 1 amide bonds. The molecule has 0 aliphatic carbocycles. The van der Waals surface area contributed by atoms with Crippen LogP contribution >= 0.6 is 12.4 Å². The van der Waals surface area contributed by atoms with Gasteiger partial charge < -0.3 is 10.1 Å². The van der Waals surface area contributed by atoms with Crippen LogP contribution in [-0.2, 0) is 4.74 Å². The lowest BCUT2D eigenvalue weighted by Crippen LogP contribution is -2.47. The van der Waals surface area contributed by atoms with Crippen molar-refractivity contribution in [3.8, 4) is 0 Å². The van der Waals surface area contributed by atoms with Gasteiger partial charge in [0.15, 0.2) is 0 Å². The second-order valence-corrected chi connectivity index (χ2v) is 5.10. The van der Waals surface area contributed by atoms with Gasteiger partial charge in [0.1, 0.15) is 12.4 Å². The normalized spacial score (nSPS) is 20.4. The number of rotatable bonds is 2. The molecule has 1 aromatic rings. The van der Waals surface area contributed by atoms with Crippen LogP contribution in [0.2, 0.25) is 0 Å². The SMILES string of the molecule is CC1(C)COC(=O)N[C@H]1c1cc(F)ccc1[N+](=O)[O-].Cl. The summed E-state index contributed by atoms with van der Waals surface area (Å²) < 4.78 is 18.2. The number of carbonyl (C=O) groups is 1. The van der Waals surface area contributed by atoms with Crippen LogP contribution in [0.25, 0.3) is 0 Å². The Hall–Kier alpha value is -1.89. The molecule has 110 valence electrons. The zero-order chi connectivity index (χ0) is 14.2. The van der Waals surface area contributed by atoms with E-state index in [0.29, 0.717) is 0 Å². The Morgan fingerprint density at radius 3 is 2.75 bits per heavy atom. The van der Waals surface area contributed by atoms with Crippen molar-refractivity contribution >= 4 is 24.2 Å². The van der Waals surface area contributed by atoms with Crippen molar-refractivity contribution in [1.82, 2.24) is 5.32 Å². The molecule has 1 heterocycles. The van der Waals surface area contributed by atoms with E-state index in [2.05, 4.69) is 5.32 Å². The van der Waals surface area contributed by atoms with E-state index in [4.69, 9.17) is 4.74 Å². The first kappa shape index (κ1) is 16.2. The highest BCUT2D eigenvalue weighted by atomic mass is 35.5. The molecular formula is C12H14ClFN2O4. The van der Waals surface area contributed by atoms with E-state index in [0.717, 1.165) is 18.2 Å². The first-order chi connectivity index (χ1) is 8.81. The number of benzene rings is 1. The third kappa shape index (κ3) is 2.98. The van der Waals surface area contributed by atoms with Crippen molar-refractivity contribution in [1.29, 1.82) is 0 Å². The minimum absolute atomic E-state index is 0. The van der Waals surface area contributed by atoms with Gasteiger partial charge in [0, 0.05) is 11.5 Å². The second-order valence-electron chi connectivity index (χ2n) is 5.10. The number of carbonyl (C=O) groups excluding carboxylic acids is 1. The summed E-state index contributed by atoms with van der Waals surface area (Å²) in [4.78, 5) is 21.7. The summed E-state index contributed by atoms with van der Waals surface area (Å²) >= 11 is 0. The quantitative estimate of drug-likeness (QED) is 0.672. The van der Waals surface area contributed by atoms with E-state index >= 15 is 0 Å². The second kappa shape index (κ2) is 5.62. The van der Waals surface area contributed by atoms with Crippen LogP contribution in [0.3, 0.4) is 0 Å². The zero-order valence-corrected chi connectivity index (χ0v) is 11.7. The lowest BCUT2D eigenvalue weighted by Gasteiger charge is -2.38. The van der Waals surface area contributed by atoms with Gasteiger partial charge in [0.2, 0.25) is 0 Å². The molecule has 20 heavy (non-hydrogen) atoms. The molecule has 0 unspecified atom stereocenters. The fraction of sp³-hybridized carbons (Fsp3) is 0.417. The number of cyclic esters (lactones) is 1. The number of ether oxygens (including phenoxy) is 1. The molecule has 0 radical (unpaired) electrons. The minimum atomic E-state index is -0.676. The number of hydrogen-bond donors (Lipinski definition) is 1. The van der Waals surface area contributed by atoms with Crippen LogP contribution < -0.4 is 5.32 Å². The number of hydrogen-bond acceptors (Lipinski definition) is 4. The Balaban J connectivity index is 0.00000200. The third-order valence-corrected chi connectivity index (χ3v) is 3.12. The molecule has 6 nitrogen and oxygen atoms in total. The summed E-state index contributed by atoms with van der Waals surface area (Å²) in [7, 11) is 0. The summed E-state index contributed by atoms with van der Waals surface area (Å²) in [6.07, 6.45) is -0.664. The van der Waals surface area contributed by atoms with Gasteiger partial charge in [-0.15, -0.1) is 12.4 Å². The molecule has 1 aliphatic heterocycles. The van der Waals surface area contributed by atoms with E-state index in [1.54, 1.807) is 13.8 Å². The van der Waals surface area contributed by atoms with Gasteiger partial charge in [-0.25, -0.2) is 9.18 Å². The van der Waals surface area contributed by atoms with Crippen molar-refractivity contribution < 1.29 is 18.8 Å². The van der Waals surface area contributed by atoms with Gasteiger partial charge in [0.25, 0.3) is 5.69 Å². The summed E-state index contributed by atoms with van der Waals surface area (Å²) in [5.41, 5.74) is -0.653. The Labute approximate surface area is 120 Å². The molecule has 2 rings (SSSR count). The van der Waals surface area contributed by atoms with E-state index in [9.17, 15) is 19.3 Å². The monoisotopic (exact) mass is 304 g/mol. The highest BCUT2D eigenvalue weighted by Crippen LogP contribution is 2.40. The molecule has 0 saturated carbocycles. The maximum absolute atomic E-state index is 13.3. The van der Waals surface area contributed by atoms with E-state index in [-0.39, 0.29) is 30.3 Å². The van der Waals surface area contributed by atoms with Gasteiger partial charge in [0.05, 0.1) is 16.5 Å². The first-order valence-corrected chi connectivity index (χ1v) is 5.68. The van der Waals surface area contributed by atoms with Gasteiger partial charge in [-0.05, 0) is 12.1 Å². The van der Waals surface area contributed by atoms with Crippen LogP contribution in [0, 0.1) is 21.3 Å². The average molecular weight is 305 g/mol. The fourth-order valence-corrected chi connectivity index (χ4v) is 2.11. The van der Waals surface area contributed by atoms with Crippen LogP contribution in [0.5, 0.6) is 0 Å². The molecule has 1 N–H and O–H groups in total. The fourth-order valence-electron chi connectivity index (χ4n) is 2.11. The summed E-state index contributed by atoms with van der Waals surface area (Å²) in [5, 5.41) is 13.5. The highest BCUT2D eigenvalue weighted by Gasteiger charge is 2.41. The van der Waals surface area contributed by atoms with Crippen molar-refractivity contribution in [3.63, 3.8) is 0 Å². The molecular weight excluding hydrogens is 291 g/mol. The van der Waals surface area contributed by atoms with Crippen molar-refractivity contribution in [2.45, 2.75) is 19.9 Å². The number of nitro benzene ring substituents is 1. The Bertz CT molecular complexity index is 550. The van der Waals surface area contributed by atoms with Crippen LogP contribution in [0.4, 0.5) is 14.9 Å². The lowest BCUT2D eigenvalue weighted by atomic mass is 9.80. The molecule has 1 fully saturated rings. The van der Waals surface area contributed by atoms with E-state index in [1.807, 2.05) is 0 Å². The summed E-state index contributed by atoms with van der Waals surface area (Å²) in [6.45, 7) is 3.68. The Kier molecular flexibility index (Phi) is 4.54. The molecule has 8 heteroatoms. The summed E-state index contributed by atoms with van der Waals surface area (Å²) in [5.74, 6) is -0.586. The van der Waals surface area contributed by atoms with Gasteiger partial charge in [-0.2, -0.15) is 0 Å². The number of alkyl carbamates (subject to hydrolysis) is 1. The molecule has 1 aromatic carbocycles. The predicted molar refractivity (Wildman–Crippen MR) is 71.3 cm³/mol. The number of nitrogens with one attached hydrogen (secondary N) is 1. The number of nitrogens with zero attached hydrogens (tertiary/aromatic N) is 1. The van der Waals surface area contributed by atoms with Gasteiger partial charge in [-0.3, -0.25) is 10.1 Å². The highest BCUT2D eigenvalue weighted by molar-refractivity contribution is 5.85. The number of nitro groups is 1. The maximum atomic E-state index is 13.3. The molecule has 1 aliphatic rings.